The van der Waals surface area contributed by atoms with E-state index in [1.165, 1.54) is 12.8 Å². The van der Waals surface area contributed by atoms with Crippen molar-refractivity contribution in [3.8, 4) is 0 Å². The molecule has 5 nitrogen and oxygen atoms in total. The number of thioether (sulfide) groups is 2. The summed E-state index contributed by atoms with van der Waals surface area (Å²) < 4.78 is 0. The summed E-state index contributed by atoms with van der Waals surface area (Å²) in [5, 5.41) is 18.6. The van der Waals surface area contributed by atoms with Crippen LogP contribution in [0.4, 0.5) is 0 Å². The number of rotatable bonds is 14. The Bertz CT molecular complexity index is 431. The highest BCUT2D eigenvalue weighted by Crippen LogP contribution is 2.21. The van der Waals surface area contributed by atoms with Crippen LogP contribution in [0.1, 0.15) is 45.4 Å². The van der Waals surface area contributed by atoms with E-state index in [2.05, 4.69) is 6.92 Å². The molecule has 7 heteroatoms. The zero-order valence-electron chi connectivity index (χ0n) is 15.1. The minimum atomic E-state index is -0.757. The van der Waals surface area contributed by atoms with Crippen LogP contribution in [0.3, 0.4) is 0 Å². The van der Waals surface area contributed by atoms with Gasteiger partial charge in [0.1, 0.15) is 0 Å². The molecule has 2 N–H and O–H groups in total. The van der Waals surface area contributed by atoms with Gasteiger partial charge in [-0.2, -0.15) is 23.5 Å². The highest BCUT2D eigenvalue weighted by Gasteiger charge is 2.28. The summed E-state index contributed by atoms with van der Waals surface area (Å²) in [6, 6.07) is 0.0856. The van der Waals surface area contributed by atoms with Crippen molar-refractivity contribution in [1.29, 1.82) is 0 Å². The first-order valence-corrected chi connectivity index (χ1v) is 11.4. The van der Waals surface area contributed by atoms with Crippen LogP contribution >= 0.6 is 23.5 Å². The van der Waals surface area contributed by atoms with Crippen molar-refractivity contribution in [2.45, 2.75) is 57.6 Å². The molecule has 1 saturated heterocycles. The number of likely N-dealkylation sites (tertiary alicyclic amines) is 1. The van der Waals surface area contributed by atoms with Gasteiger partial charge in [0.2, 0.25) is 5.91 Å². The third-order valence-corrected chi connectivity index (χ3v) is 6.22. The van der Waals surface area contributed by atoms with Gasteiger partial charge in [0, 0.05) is 30.9 Å². The van der Waals surface area contributed by atoms with Gasteiger partial charge in [0.05, 0.1) is 12.1 Å². The summed E-state index contributed by atoms with van der Waals surface area (Å²) in [5.74, 6) is 2.83. The average molecular weight is 390 g/mol. The first-order chi connectivity index (χ1) is 12.0. The summed E-state index contributed by atoms with van der Waals surface area (Å²) in [5.41, 5.74) is 0. The van der Waals surface area contributed by atoms with Crippen molar-refractivity contribution >= 4 is 35.4 Å². The second kappa shape index (κ2) is 13.5. The summed E-state index contributed by atoms with van der Waals surface area (Å²) in [6.07, 6.45) is 7.95. The molecule has 2 atom stereocenters. The van der Waals surface area contributed by atoms with Crippen LogP contribution in [-0.4, -0.2) is 68.7 Å². The maximum Gasteiger partial charge on any atom is 0.303 e. The Hall–Kier alpha value is -0.660. The SMILES string of the molecule is CCCCSCC(O)C=C[C@H]1CCC(=O)N1CCSCCCC(=O)O. The summed E-state index contributed by atoms with van der Waals surface area (Å²) in [4.78, 5) is 24.4. The predicted molar refractivity (Wildman–Crippen MR) is 106 cm³/mol. The Morgan fingerprint density at radius 3 is 2.80 bits per heavy atom. The number of aliphatic hydroxyl groups is 1. The number of carboxylic acids is 1. The Morgan fingerprint density at radius 2 is 2.08 bits per heavy atom. The van der Waals surface area contributed by atoms with Crippen LogP contribution in [0.2, 0.25) is 0 Å². The van der Waals surface area contributed by atoms with E-state index < -0.39 is 12.1 Å². The smallest absolute Gasteiger partial charge is 0.303 e. The van der Waals surface area contributed by atoms with Crippen molar-refractivity contribution in [3.63, 3.8) is 0 Å². The topological polar surface area (TPSA) is 77.8 Å². The van der Waals surface area contributed by atoms with Gasteiger partial charge in [0.25, 0.3) is 0 Å². The fourth-order valence-corrected chi connectivity index (χ4v) is 4.49. The maximum atomic E-state index is 12.0. The van der Waals surface area contributed by atoms with Crippen LogP contribution < -0.4 is 0 Å². The number of amides is 1. The van der Waals surface area contributed by atoms with E-state index in [1.54, 1.807) is 23.5 Å². The number of carbonyl (C=O) groups is 2. The van der Waals surface area contributed by atoms with E-state index >= 15 is 0 Å². The lowest BCUT2D eigenvalue weighted by Crippen LogP contribution is -2.34. The summed E-state index contributed by atoms with van der Waals surface area (Å²) in [6.45, 7) is 2.85. The quantitative estimate of drug-likeness (QED) is 0.351. The molecule has 1 aliphatic rings. The highest BCUT2D eigenvalue weighted by atomic mass is 32.2. The number of unbranched alkanes of at least 4 members (excludes halogenated alkanes) is 1. The lowest BCUT2D eigenvalue weighted by Gasteiger charge is -2.22. The van der Waals surface area contributed by atoms with Gasteiger partial charge in [-0.25, -0.2) is 0 Å². The van der Waals surface area contributed by atoms with Gasteiger partial charge >= 0.3 is 5.97 Å². The standard InChI is InChI=1S/C18H31NO4S2/c1-2-3-11-25-14-16(20)8-6-15-7-9-17(21)19(15)10-13-24-12-4-5-18(22)23/h6,8,15-16,20H,2-5,7,9-14H2,1H3,(H,22,23)/t15-,16?/m0/s1. The number of carboxylic acid groups (broad SMARTS) is 1. The third kappa shape index (κ3) is 10.2. The van der Waals surface area contributed by atoms with Crippen LogP contribution in [0.5, 0.6) is 0 Å². The van der Waals surface area contributed by atoms with Gasteiger partial charge in [0.15, 0.2) is 0 Å². The molecule has 0 spiro atoms. The lowest BCUT2D eigenvalue weighted by molar-refractivity contribution is -0.137. The van der Waals surface area contributed by atoms with Gasteiger partial charge < -0.3 is 15.1 Å². The molecule has 0 aromatic heterocycles. The van der Waals surface area contributed by atoms with E-state index in [-0.39, 0.29) is 18.4 Å². The number of nitrogens with zero attached hydrogens (tertiary/aromatic N) is 1. The van der Waals surface area contributed by atoms with Crippen LogP contribution in [-0.2, 0) is 9.59 Å². The van der Waals surface area contributed by atoms with Gasteiger partial charge in [-0.05, 0) is 30.8 Å². The van der Waals surface area contributed by atoms with Gasteiger partial charge in [-0.15, -0.1) is 0 Å². The first-order valence-electron chi connectivity index (χ1n) is 9.07. The number of aliphatic carboxylic acids is 1. The van der Waals surface area contributed by atoms with Crippen LogP contribution in [0.15, 0.2) is 12.2 Å². The second-order valence-corrected chi connectivity index (χ2v) is 8.56. The molecule has 1 rings (SSSR count). The Labute approximate surface area is 159 Å². The minimum absolute atomic E-state index is 0.0856. The zero-order chi connectivity index (χ0) is 18.5. The Morgan fingerprint density at radius 1 is 1.32 bits per heavy atom. The van der Waals surface area contributed by atoms with Crippen LogP contribution in [0, 0.1) is 0 Å². The summed E-state index contributed by atoms with van der Waals surface area (Å²) >= 11 is 3.46. The molecule has 0 aliphatic carbocycles. The lowest BCUT2D eigenvalue weighted by atomic mass is 10.2. The molecular formula is C18H31NO4S2. The normalized spacial score (nSPS) is 19.0. The molecule has 0 aromatic carbocycles. The van der Waals surface area contributed by atoms with Crippen LogP contribution in [0.25, 0.3) is 0 Å². The second-order valence-electron chi connectivity index (χ2n) is 6.18. The van der Waals surface area contributed by atoms with E-state index in [0.29, 0.717) is 25.1 Å². The van der Waals surface area contributed by atoms with Gasteiger partial charge in [-0.1, -0.05) is 25.5 Å². The van der Waals surface area contributed by atoms with E-state index in [1.807, 2.05) is 17.1 Å². The molecule has 144 valence electrons. The molecule has 0 aromatic rings. The monoisotopic (exact) mass is 389 g/mol. The predicted octanol–water partition coefficient (Wildman–Crippen LogP) is 3.03. The number of hydrogen-bond acceptors (Lipinski definition) is 5. The van der Waals surface area contributed by atoms with Crippen molar-refractivity contribution < 1.29 is 19.8 Å². The molecule has 1 amide bonds. The van der Waals surface area contributed by atoms with Gasteiger partial charge in [-0.3, -0.25) is 9.59 Å². The molecule has 0 radical (unpaired) electrons. The minimum Gasteiger partial charge on any atom is -0.481 e. The zero-order valence-corrected chi connectivity index (χ0v) is 16.7. The molecule has 1 aliphatic heterocycles. The maximum absolute atomic E-state index is 12.0. The fraction of sp³-hybridized carbons (Fsp3) is 0.778. The van der Waals surface area contributed by atoms with Crippen molar-refractivity contribution in [3.05, 3.63) is 12.2 Å². The third-order valence-electron chi connectivity index (χ3n) is 4.02. The molecule has 1 fully saturated rings. The highest BCUT2D eigenvalue weighted by molar-refractivity contribution is 7.99. The fourth-order valence-electron chi connectivity index (χ4n) is 2.60. The van der Waals surface area contributed by atoms with Crippen molar-refractivity contribution in [2.75, 3.05) is 29.6 Å². The Balaban J connectivity index is 2.26. The number of aliphatic hydroxyl groups excluding tert-OH is 1. The van der Waals surface area contributed by atoms with Crippen molar-refractivity contribution in [2.24, 2.45) is 0 Å². The molecular weight excluding hydrogens is 358 g/mol. The van der Waals surface area contributed by atoms with Crippen molar-refractivity contribution in [1.82, 2.24) is 4.90 Å². The largest absolute Gasteiger partial charge is 0.481 e. The number of hydrogen-bond donors (Lipinski definition) is 2. The Kier molecular flexibility index (Phi) is 12.1. The molecule has 0 bridgehead atoms. The number of carbonyl (C=O) groups excluding carboxylic acids is 1. The molecule has 1 heterocycles. The molecule has 1 unspecified atom stereocenters. The van der Waals surface area contributed by atoms with E-state index in [4.69, 9.17) is 5.11 Å². The summed E-state index contributed by atoms with van der Waals surface area (Å²) in [7, 11) is 0. The molecule has 25 heavy (non-hydrogen) atoms. The average Bonchev–Trinajstić information content (AvgIpc) is 2.93. The van der Waals surface area contributed by atoms with E-state index in [0.717, 1.165) is 23.7 Å². The molecule has 0 saturated carbocycles. The van der Waals surface area contributed by atoms with E-state index in [9.17, 15) is 14.7 Å². The first kappa shape index (κ1) is 22.4.